The fourth-order valence-corrected chi connectivity index (χ4v) is 1.25. The number of hydrogen-bond donors (Lipinski definition) is 2. The van der Waals surface area contributed by atoms with Crippen molar-refractivity contribution >= 4 is 5.97 Å². The summed E-state index contributed by atoms with van der Waals surface area (Å²) in [5.74, 6) is -0.443. The van der Waals surface area contributed by atoms with Crippen molar-refractivity contribution in [2.24, 2.45) is 0 Å². The molecule has 0 heterocycles. The Balaban J connectivity index is 2.54. The van der Waals surface area contributed by atoms with Crippen LogP contribution in [0.2, 0.25) is 0 Å². The van der Waals surface area contributed by atoms with Gasteiger partial charge in [0, 0.05) is 6.42 Å². The van der Waals surface area contributed by atoms with Crippen LogP contribution in [0.1, 0.15) is 18.9 Å². The standard InChI is InChI=1S/C12H16O4/c1-2-7-16-10-5-3-9(4-6-10)8-11(13)12(14)15/h3-6,11,13H,2,7-8H2,1H3,(H,14,15). The highest BCUT2D eigenvalue weighted by Gasteiger charge is 2.13. The summed E-state index contributed by atoms with van der Waals surface area (Å²) < 4.78 is 5.38. The predicted molar refractivity (Wildman–Crippen MR) is 59.6 cm³/mol. The van der Waals surface area contributed by atoms with Gasteiger partial charge in [0.2, 0.25) is 0 Å². The van der Waals surface area contributed by atoms with Crippen LogP contribution in [0.3, 0.4) is 0 Å². The highest BCUT2D eigenvalue weighted by molar-refractivity contribution is 5.72. The number of carboxylic acid groups (broad SMARTS) is 1. The minimum Gasteiger partial charge on any atom is -0.494 e. The van der Waals surface area contributed by atoms with Crippen molar-refractivity contribution in [3.8, 4) is 5.75 Å². The van der Waals surface area contributed by atoms with E-state index in [0.29, 0.717) is 6.61 Å². The normalized spacial score (nSPS) is 12.1. The monoisotopic (exact) mass is 224 g/mol. The Labute approximate surface area is 94.5 Å². The SMILES string of the molecule is CCCOc1ccc(CC(O)C(=O)O)cc1. The van der Waals surface area contributed by atoms with Gasteiger partial charge in [-0.25, -0.2) is 4.79 Å². The van der Waals surface area contributed by atoms with Gasteiger partial charge < -0.3 is 14.9 Å². The molecule has 0 aliphatic rings. The van der Waals surface area contributed by atoms with Gasteiger partial charge in [-0.1, -0.05) is 19.1 Å². The number of aliphatic hydroxyl groups excluding tert-OH is 1. The average Bonchev–Trinajstić information content (AvgIpc) is 2.28. The lowest BCUT2D eigenvalue weighted by atomic mass is 10.1. The molecule has 2 N–H and O–H groups in total. The highest BCUT2D eigenvalue weighted by atomic mass is 16.5. The van der Waals surface area contributed by atoms with Crippen LogP contribution in [0, 0.1) is 0 Å². The Morgan fingerprint density at radius 2 is 2.00 bits per heavy atom. The van der Waals surface area contributed by atoms with Crippen LogP contribution in [0.4, 0.5) is 0 Å². The average molecular weight is 224 g/mol. The van der Waals surface area contributed by atoms with Crippen LogP contribution >= 0.6 is 0 Å². The molecule has 4 nitrogen and oxygen atoms in total. The van der Waals surface area contributed by atoms with Gasteiger partial charge in [-0.15, -0.1) is 0 Å². The van der Waals surface area contributed by atoms with Gasteiger partial charge >= 0.3 is 5.97 Å². The Kier molecular flexibility index (Phi) is 4.79. The fourth-order valence-electron chi connectivity index (χ4n) is 1.25. The number of rotatable bonds is 6. The van der Waals surface area contributed by atoms with Crippen molar-refractivity contribution in [2.45, 2.75) is 25.9 Å². The maximum absolute atomic E-state index is 10.4. The molecule has 0 fully saturated rings. The predicted octanol–water partition coefficient (Wildman–Crippen LogP) is 1.46. The molecule has 0 aliphatic carbocycles. The van der Waals surface area contributed by atoms with Gasteiger partial charge in [0.1, 0.15) is 5.75 Å². The third kappa shape index (κ3) is 3.90. The summed E-state index contributed by atoms with van der Waals surface area (Å²) in [5, 5.41) is 17.7. The van der Waals surface area contributed by atoms with E-state index in [1.165, 1.54) is 0 Å². The molecular weight excluding hydrogens is 208 g/mol. The molecule has 0 aliphatic heterocycles. The van der Waals surface area contributed by atoms with Crippen LogP contribution in [0.5, 0.6) is 5.75 Å². The van der Waals surface area contributed by atoms with Crippen molar-refractivity contribution in [2.75, 3.05) is 6.61 Å². The number of carboxylic acids is 1. The van der Waals surface area contributed by atoms with E-state index >= 15 is 0 Å². The lowest BCUT2D eigenvalue weighted by Gasteiger charge is -2.07. The van der Waals surface area contributed by atoms with Gasteiger partial charge in [-0.05, 0) is 24.1 Å². The number of carbonyl (C=O) groups is 1. The molecule has 1 aromatic carbocycles. The zero-order valence-corrected chi connectivity index (χ0v) is 9.22. The van der Waals surface area contributed by atoms with Crippen molar-refractivity contribution in [1.29, 1.82) is 0 Å². The van der Waals surface area contributed by atoms with E-state index in [1.54, 1.807) is 24.3 Å². The molecule has 1 atom stereocenters. The minimum atomic E-state index is -1.34. The van der Waals surface area contributed by atoms with Gasteiger partial charge in [0.15, 0.2) is 6.10 Å². The van der Waals surface area contributed by atoms with E-state index in [2.05, 4.69) is 0 Å². The smallest absolute Gasteiger partial charge is 0.332 e. The quantitative estimate of drug-likeness (QED) is 0.767. The Bertz CT molecular complexity index is 331. The maximum Gasteiger partial charge on any atom is 0.332 e. The molecule has 1 unspecified atom stereocenters. The summed E-state index contributed by atoms with van der Waals surface area (Å²) >= 11 is 0. The van der Waals surface area contributed by atoms with Gasteiger partial charge in [-0.2, -0.15) is 0 Å². The second kappa shape index (κ2) is 6.12. The Morgan fingerprint density at radius 1 is 1.38 bits per heavy atom. The van der Waals surface area contributed by atoms with Crippen molar-refractivity contribution in [1.82, 2.24) is 0 Å². The molecule has 0 saturated carbocycles. The zero-order chi connectivity index (χ0) is 12.0. The number of hydrogen-bond acceptors (Lipinski definition) is 3. The molecule has 0 bridgehead atoms. The highest BCUT2D eigenvalue weighted by Crippen LogP contribution is 2.13. The third-order valence-corrected chi connectivity index (χ3v) is 2.11. The van der Waals surface area contributed by atoms with Crippen LogP contribution in [0.15, 0.2) is 24.3 Å². The molecule has 4 heteroatoms. The van der Waals surface area contributed by atoms with E-state index in [4.69, 9.17) is 14.9 Å². The molecule has 0 spiro atoms. The molecule has 16 heavy (non-hydrogen) atoms. The summed E-state index contributed by atoms with van der Waals surface area (Å²) in [6, 6.07) is 7.08. The third-order valence-electron chi connectivity index (χ3n) is 2.11. The topological polar surface area (TPSA) is 66.8 Å². The van der Waals surface area contributed by atoms with Crippen molar-refractivity contribution < 1.29 is 19.7 Å². The van der Waals surface area contributed by atoms with Crippen molar-refractivity contribution in [3.05, 3.63) is 29.8 Å². The lowest BCUT2D eigenvalue weighted by molar-refractivity contribution is -0.146. The van der Waals surface area contributed by atoms with Crippen molar-refractivity contribution in [3.63, 3.8) is 0 Å². The number of benzene rings is 1. The first kappa shape index (κ1) is 12.5. The summed E-state index contributed by atoms with van der Waals surface area (Å²) in [6.07, 6.45) is -0.287. The minimum absolute atomic E-state index is 0.114. The number of aliphatic carboxylic acids is 1. The van der Waals surface area contributed by atoms with E-state index in [0.717, 1.165) is 17.7 Å². The van der Waals surface area contributed by atoms with Gasteiger partial charge in [0.05, 0.1) is 6.61 Å². The van der Waals surface area contributed by atoms with Gasteiger partial charge in [-0.3, -0.25) is 0 Å². The van der Waals surface area contributed by atoms with E-state index in [1.807, 2.05) is 6.92 Å². The number of ether oxygens (including phenoxy) is 1. The molecule has 88 valence electrons. The Hall–Kier alpha value is -1.55. The largest absolute Gasteiger partial charge is 0.494 e. The van der Waals surface area contributed by atoms with E-state index < -0.39 is 12.1 Å². The first-order chi connectivity index (χ1) is 7.63. The molecule has 0 saturated heterocycles. The zero-order valence-electron chi connectivity index (χ0n) is 9.22. The summed E-state index contributed by atoms with van der Waals surface area (Å²) in [4.78, 5) is 10.4. The van der Waals surface area contributed by atoms with Crippen LogP contribution in [0.25, 0.3) is 0 Å². The molecule has 0 amide bonds. The van der Waals surface area contributed by atoms with E-state index in [-0.39, 0.29) is 6.42 Å². The molecule has 1 rings (SSSR count). The van der Waals surface area contributed by atoms with Crippen LogP contribution in [-0.2, 0) is 11.2 Å². The molecule has 0 radical (unpaired) electrons. The summed E-state index contributed by atoms with van der Waals surface area (Å²) in [5.41, 5.74) is 0.777. The van der Waals surface area contributed by atoms with Crippen LogP contribution in [-0.4, -0.2) is 28.9 Å². The van der Waals surface area contributed by atoms with Gasteiger partial charge in [0.25, 0.3) is 0 Å². The molecule has 0 aromatic heterocycles. The first-order valence-corrected chi connectivity index (χ1v) is 5.26. The molecule has 1 aromatic rings. The summed E-state index contributed by atoms with van der Waals surface area (Å²) in [7, 11) is 0. The summed E-state index contributed by atoms with van der Waals surface area (Å²) in [6.45, 7) is 2.69. The fraction of sp³-hybridized carbons (Fsp3) is 0.417. The lowest BCUT2D eigenvalue weighted by Crippen LogP contribution is -2.21. The Morgan fingerprint density at radius 3 is 2.50 bits per heavy atom. The first-order valence-electron chi connectivity index (χ1n) is 5.26. The number of aliphatic hydroxyl groups is 1. The van der Waals surface area contributed by atoms with Crippen LogP contribution < -0.4 is 4.74 Å². The maximum atomic E-state index is 10.4. The van der Waals surface area contributed by atoms with E-state index in [9.17, 15) is 4.79 Å². The second-order valence-electron chi connectivity index (χ2n) is 3.55. The second-order valence-corrected chi connectivity index (χ2v) is 3.55. The molecular formula is C12H16O4.